The van der Waals surface area contributed by atoms with Gasteiger partial charge >= 0.3 is 0 Å². The molecule has 2 rings (SSSR count). The SMILES string of the molecule is CC.CCCC(=N)C(C)(C)S(=O)(=O)C(C)c1cc(NC(=O)c2ccc(F)cn2)ccc1F.COCCF. The Labute approximate surface area is 218 Å². The zero-order valence-electron chi connectivity index (χ0n) is 22.5. The van der Waals surface area contributed by atoms with Crippen LogP contribution in [0.4, 0.5) is 18.9 Å². The number of carbonyl (C=O) groups is 1. The number of halogens is 3. The van der Waals surface area contributed by atoms with Crippen LogP contribution in [-0.4, -0.2) is 50.2 Å². The summed E-state index contributed by atoms with van der Waals surface area (Å²) in [6, 6.07) is 5.89. The number of pyridine rings is 1. The quantitative estimate of drug-likeness (QED) is 0.340. The molecular formula is C26H38F3N3O4S. The molecule has 1 heterocycles. The maximum absolute atomic E-state index is 14.5. The van der Waals surface area contributed by atoms with Gasteiger partial charge in [0, 0.05) is 24.1 Å². The molecule has 0 aliphatic heterocycles. The van der Waals surface area contributed by atoms with Crippen molar-refractivity contribution in [3.05, 3.63) is 59.4 Å². The summed E-state index contributed by atoms with van der Waals surface area (Å²) in [6.07, 6.45) is 1.84. The Bertz CT molecular complexity index is 1110. The van der Waals surface area contributed by atoms with Gasteiger partial charge in [-0.2, -0.15) is 0 Å². The molecule has 7 nitrogen and oxygen atoms in total. The van der Waals surface area contributed by atoms with Crippen LogP contribution < -0.4 is 5.32 Å². The minimum absolute atomic E-state index is 0.0444. The second-order valence-electron chi connectivity index (χ2n) is 8.16. The molecule has 1 amide bonds. The Morgan fingerprint density at radius 1 is 1.19 bits per heavy atom. The molecule has 208 valence electrons. The van der Waals surface area contributed by atoms with Gasteiger partial charge in [0.1, 0.15) is 28.7 Å². The normalized spacial score (nSPS) is 11.8. The first kappa shape index (κ1) is 34.2. The van der Waals surface area contributed by atoms with E-state index in [1.54, 1.807) is 0 Å². The standard InChI is InChI=1S/C21H25F2N3O3S.C3H7FO.C2H6/c1-5-6-19(24)21(3,4)30(28,29)13(2)16-11-15(8-9-17(16)23)26-20(27)18-10-7-14(22)12-25-18;1-5-3-2-4;1-2/h7-13,24H,5-6H2,1-4H3,(H,26,27);2-3H2,1H3;1-2H3. The predicted octanol–water partition coefficient (Wildman–Crippen LogP) is 6.31. The van der Waals surface area contributed by atoms with Crippen molar-refractivity contribution in [1.29, 1.82) is 5.41 Å². The third-order valence-corrected chi connectivity index (χ3v) is 8.19. The molecule has 0 fully saturated rings. The van der Waals surface area contributed by atoms with Crippen LogP contribution in [0.5, 0.6) is 0 Å². The van der Waals surface area contributed by atoms with Gasteiger partial charge in [0.2, 0.25) is 0 Å². The molecule has 0 aliphatic carbocycles. The molecular weight excluding hydrogens is 507 g/mol. The molecule has 11 heteroatoms. The number of sulfone groups is 1. The molecule has 2 aromatic rings. The first-order chi connectivity index (χ1) is 17.3. The topological polar surface area (TPSA) is 109 Å². The van der Waals surface area contributed by atoms with Crippen LogP contribution in [0.3, 0.4) is 0 Å². The third kappa shape index (κ3) is 9.55. The Hall–Kier alpha value is -2.79. The molecule has 1 unspecified atom stereocenters. The highest BCUT2D eigenvalue weighted by Crippen LogP contribution is 2.35. The number of aromatic nitrogens is 1. The summed E-state index contributed by atoms with van der Waals surface area (Å²) in [6.45, 7) is 9.95. The lowest BCUT2D eigenvalue weighted by molar-refractivity contribution is 0.102. The van der Waals surface area contributed by atoms with Gasteiger partial charge < -0.3 is 15.5 Å². The lowest BCUT2D eigenvalue weighted by Crippen LogP contribution is -2.42. The number of benzene rings is 1. The van der Waals surface area contributed by atoms with Crippen LogP contribution in [0, 0.1) is 17.0 Å². The number of methoxy groups -OCH3 is 1. The van der Waals surface area contributed by atoms with E-state index in [9.17, 15) is 26.4 Å². The molecule has 0 bridgehead atoms. The van der Waals surface area contributed by atoms with Gasteiger partial charge in [-0.3, -0.25) is 4.79 Å². The fourth-order valence-corrected chi connectivity index (χ4v) is 4.89. The number of carbonyl (C=O) groups excluding carboxylic acids is 1. The number of nitrogens with zero attached hydrogens (tertiary/aromatic N) is 1. The Kier molecular flexibility index (Phi) is 14.9. The van der Waals surface area contributed by atoms with Crippen molar-refractivity contribution in [3.63, 3.8) is 0 Å². The molecule has 0 radical (unpaired) electrons. The summed E-state index contributed by atoms with van der Waals surface area (Å²) >= 11 is 0. The number of amides is 1. The van der Waals surface area contributed by atoms with E-state index in [0.717, 1.165) is 18.3 Å². The number of hydrogen-bond acceptors (Lipinski definition) is 6. The van der Waals surface area contributed by atoms with Gasteiger partial charge in [-0.05, 0) is 57.5 Å². The van der Waals surface area contributed by atoms with E-state index < -0.39 is 37.4 Å². The second-order valence-corrected chi connectivity index (χ2v) is 11.0. The Morgan fingerprint density at radius 3 is 2.27 bits per heavy atom. The minimum atomic E-state index is -3.97. The monoisotopic (exact) mass is 545 g/mol. The maximum Gasteiger partial charge on any atom is 0.274 e. The maximum atomic E-state index is 14.5. The van der Waals surface area contributed by atoms with E-state index in [2.05, 4.69) is 15.0 Å². The molecule has 0 spiro atoms. The van der Waals surface area contributed by atoms with E-state index in [0.29, 0.717) is 12.8 Å². The smallest absolute Gasteiger partial charge is 0.274 e. The molecule has 0 saturated heterocycles. The largest absolute Gasteiger partial charge is 0.382 e. The number of ether oxygens (including phenoxy) is 1. The van der Waals surface area contributed by atoms with Crippen LogP contribution in [0.15, 0.2) is 36.5 Å². The van der Waals surface area contributed by atoms with Crippen molar-refractivity contribution >= 4 is 27.1 Å². The lowest BCUT2D eigenvalue weighted by Gasteiger charge is -2.29. The summed E-state index contributed by atoms with van der Waals surface area (Å²) in [5, 5.41) is 9.40. The van der Waals surface area contributed by atoms with Crippen molar-refractivity contribution in [2.24, 2.45) is 0 Å². The summed E-state index contributed by atoms with van der Waals surface area (Å²) in [4.78, 5) is 15.9. The highest BCUT2D eigenvalue weighted by Gasteiger charge is 2.43. The Balaban J connectivity index is 0.00000165. The van der Waals surface area contributed by atoms with Gasteiger partial charge in [-0.1, -0.05) is 27.2 Å². The zero-order chi connectivity index (χ0) is 28.8. The van der Waals surface area contributed by atoms with Crippen LogP contribution >= 0.6 is 0 Å². The van der Waals surface area contributed by atoms with Gasteiger partial charge in [0.25, 0.3) is 5.91 Å². The third-order valence-electron chi connectivity index (χ3n) is 5.34. The fourth-order valence-electron chi connectivity index (χ4n) is 3.05. The summed E-state index contributed by atoms with van der Waals surface area (Å²) in [7, 11) is -2.50. The van der Waals surface area contributed by atoms with Crippen LogP contribution in [0.2, 0.25) is 0 Å². The Morgan fingerprint density at radius 2 is 1.81 bits per heavy atom. The van der Waals surface area contributed by atoms with Crippen molar-refractivity contribution in [1.82, 2.24) is 4.98 Å². The van der Waals surface area contributed by atoms with Crippen molar-refractivity contribution < 1.29 is 31.1 Å². The highest BCUT2D eigenvalue weighted by atomic mass is 32.2. The molecule has 37 heavy (non-hydrogen) atoms. The first-order valence-electron chi connectivity index (χ1n) is 11.9. The average Bonchev–Trinajstić information content (AvgIpc) is 2.87. The number of alkyl halides is 1. The van der Waals surface area contributed by atoms with E-state index in [1.165, 1.54) is 46.1 Å². The average molecular weight is 546 g/mol. The van der Waals surface area contributed by atoms with Gasteiger partial charge in [0.15, 0.2) is 9.84 Å². The molecule has 1 aromatic heterocycles. The molecule has 0 saturated carbocycles. The van der Waals surface area contributed by atoms with E-state index in [-0.39, 0.29) is 35.9 Å². The number of rotatable bonds is 10. The number of nitrogens with one attached hydrogen (secondary N) is 2. The number of hydrogen-bond donors (Lipinski definition) is 2. The van der Waals surface area contributed by atoms with Gasteiger partial charge in [-0.15, -0.1) is 0 Å². The van der Waals surface area contributed by atoms with E-state index >= 15 is 0 Å². The van der Waals surface area contributed by atoms with Crippen LogP contribution in [-0.2, 0) is 14.6 Å². The van der Waals surface area contributed by atoms with Crippen molar-refractivity contribution in [3.8, 4) is 0 Å². The fraction of sp³-hybridized carbons (Fsp3) is 0.500. The lowest BCUT2D eigenvalue weighted by atomic mass is 10.0. The van der Waals surface area contributed by atoms with Crippen LogP contribution in [0.1, 0.15) is 75.7 Å². The molecule has 2 N–H and O–H groups in total. The van der Waals surface area contributed by atoms with Crippen molar-refractivity contribution in [2.45, 2.75) is 64.4 Å². The van der Waals surface area contributed by atoms with E-state index in [4.69, 9.17) is 5.41 Å². The van der Waals surface area contributed by atoms with Gasteiger partial charge in [0.05, 0.1) is 18.1 Å². The van der Waals surface area contributed by atoms with Crippen LogP contribution in [0.25, 0.3) is 0 Å². The highest BCUT2D eigenvalue weighted by molar-refractivity contribution is 7.93. The summed E-state index contributed by atoms with van der Waals surface area (Å²) < 4.78 is 67.5. The first-order valence-corrected chi connectivity index (χ1v) is 13.5. The zero-order valence-corrected chi connectivity index (χ0v) is 23.3. The van der Waals surface area contributed by atoms with Gasteiger partial charge in [-0.25, -0.2) is 26.6 Å². The number of anilines is 1. The molecule has 1 aromatic carbocycles. The summed E-state index contributed by atoms with van der Waals surface area (Å²) in [5.41, 5.74) is 0.0736. The minimum Gasteiger partial charge on any atom is -0.382 e. The predicted molar refractivity (Wildman–Crippen MR) is 142 cm³/mol. The summed E-state index contributed by atoms with van der Waals surface area (Å²) in [5.74, 6) is -1.97. The second kappa shape index (κ2) is 16.1. The molecule has 1 atom stereocenters. The van der Waals surface area contributed by atoms with Crippen molar-refractivity contribution in [2.75, 3.05) is 25.7 Å². The molecule has 0 aliphatic rings. The van der Waals surface area contributed by atoms with E-state index in [1.807, 2.05) is 20.8 Å².